The minimum absolute atomic E-state index is 0.0224. The summed E-state index contributed by atoms with van der Waals surface area (Å²) < 4.78 is 30.3. The molecule has 4 aliphatic heterocycles. The summed E-state index contributed by atoms with van der Waals surface area (Å²) in [6.45, 7) is 6.93. The van der Waals surface area contributed by atoms with Crippen LogP contribution in [0.4, 0.5) is 5.69 Å². The van der Waals surface area contributed by atoms with Gasteiger partial charge in [-0.1, -0.05) is 26.8 Å². The number of ether oxygens (including phenoxy) is 5. The molecular weight excluding hydrogens is 490 g/mol. The first-order valence-electron chi connectivity index (χ1n) is 13.7. The van der Waals surface area contributed by atoms with Crippen LogP contribution in [0.3, 0.4) is 0 Å². The Morgan fingerprint density at radius 2 is 2.03 bits per heavy atom. The molecule has 9 heteroatoms. The topological polar surface area (TPSA) is 122 Å². The maximum atomic E-state index is 12.9. The number of epoxide rings is 3. The SMILES string of the molecule is COC(=O)c1cccc(NC[C@@]2(O)[C@]34O[C@H]3C[C@H]3C5=C(CC[C@]3(C)[C@@]43O[C@H]3[C@@H]3O[C@@]32C(C)C)C(=O)OC5)c1. The number of rotatable bonds is 5. The number of methoxy groups -OCH3 is 1. The number of carbonyl (C=O) groups is 2. The van der Waals surface area contributed by atoms with Crippen LogP contribution < -0.4 is 5.32 Å². The van der Waals surface area contributed by atoms with Gasteiger partial charge in [-0.25, -0.2) is 9.59 Å². The van der Waals surface area contributed by atoms with Crippen molar-refractivity contribution in [3.05, 3.63) is 41.0 Å². The molecule has 2 saturated carbocycles. The summed E-state index contributed by atoms with van der Waals surface area (Å²) in [5.41, 5.74) is -1.11. The van der Waals surface area contributed by atoms with Gasteiger partial charge < -0.3 is 34.1 Å². The number of anilines is 1. The molecule has 3 aliphatic carbocycles. The average Bonchev–Trinajstić information content (AvgIpc) is 3.81. The molecule has 0 amide bonds. The van der Waals surface area contributed by atoms with Crippen LogP contribution in [-0.2, 0) is 28.5 Å². The van der Waals surface area contributed by atoms with E-state index in [9.17, 15) is 14.7 Å². The van der Waals surface area contributed by atoms with Gasteiger partial charge in [0.2, 0.25) is 0 Å². The first kappa shape index (κ1) is 23.4. The van der Waals surface area contributed by atoms with Gasteiger partial charge in [-0.15, -0.1) is 0 Å². The molecular formula is C29H33NO8. The summed E-state index contributed by atoms with van der Waals surface area (Å²) in [4.78, 5) is 24.5. The van der Waals surface area contributed by atoms with Gasteiger partial charge in [0.05, 0.1) is 18.8 Å². The maximum Gasteiger partial charge on any atom is 0.337 e. The van der Waals surface area contributed by atoms with Crippen LogP contribution in [0.25, 0.3) is 0 Å². The summed E-state index contributed by atoms with van der Waals surface area (Å²) in [6, 6.07) is 7.08. The van der Waals surface area contributed by atoms with Crippen molar-refractivity contribution in [3.8, 4) is 0 Å². The van der Waals surface area contributed by atoms with E-state index in [0.717, 1.165) is 17.6 Å². The molecule has 5 fully saturated rings. The molecule has 0 unspecified atom stereocenters. The molecule has 202 valence electrons. The fraction of sp³-hybridized carbons (Fsp3) is 0.655. The highest BCUT2D eigenvalue weighted by Crippen LogP contribution is 2.85. The average molecular weight is 524 g/mol. The van der Waals surface area contributed by atoms with Crippen molar-refractivity contribution < 1.29 is 38.4 Å². The van der Waals surface area contributed by atoms with Crippen LogP contribution in [0.5, 0.6) is 0 Å². The number of esters is 2. The Balaban J connectivity index is 1.21. The molecule has 0 aromatic heterocycles. The molecule has 7 aliphatic rings. The second-order valence-corrected chi connectivity index (χ2v) is 12.7. The third-order valence-electron chi connectivity index (χ3n) is 11.2. The second kappa shape index (κ2) is 6.81. The van der Waals surface area contributed by atoms with Gasteiger partial charge in [-0.2, -0.15) is 0 Å². The highest BCUT2D eigenvalue weighted by Gasteiger charge is 3.04. The molecule has 0 radical (unpaired) electrons. The Labute approximate surface area is 220 Å². The lowest BCUT2D eigenvalue weighted by Crippen LogP contribution is -2.77. The molecule has 2 N–H and O–H groups in total. The van der Waals surface area contributed by atoms with E-state index in [0.29, 0.717) is 30.7 Å². The zero-order valence-corrected chi connectivity index (χ0v) is 22.0. The van der Waals surface area contributed by atoms with Gasteiger partial charge in [0.15, 0.2) is 5.60 Å². The predicted molar refractivity (Wildman–Crippen MR) is 132 cm³/mol. The van der Waals surface area contributed by atoms with E-state index >= 15 is 0 Å². The highest BCUT2D eigenvalue weighted by molar-refractivity contribution is 5.92. The summed E-state index contributed by atoms with van der Waals surface area (Å²) in [5, 5.41) is 16.3. The van der Waals surface area contributed by atoms with E-state index < -0.39 is 28.4 Å². The zero-order valence-electron chi connectivity index (χ0n) is 22.0. The van der Waals surface area contributed by atoms with E-state index in [1.165, 1.54) is 7.11 Å². The van der Waals surface area contributed by atoms with Crippen LogP contribution in [0.15, 0.2) is 35.4 Å². The van der Waals surface area contributed by atoms with Gasteiger partial charge in [0.1, 0.15) is 35.6 Å². The van der Waals surface area contributed by atoms with Crippen LogP contribution in [0.2, 0.25) is 0 Å². The van der Waals surface area contributed by atoms with Crippen molar-refractivity contribution in [2.75, 3.05) is 25.6 Å². The van der Waals surface area contributed by atoms with Crippen LogP contribution in [0.1, 0.15) is 50.4 Å². The third-order valence-corrected chi connectivity index (χ3v) is 11.2. The minimum Gasteiger partial charge on any atom is -0.465 e. The van der Waals surface area contributed by atoms with Crippen LogP contribution >= 0.6 is 0 Å². The van der Waals surface area contributed by atoms with E-state index in [2.05, 4.69) is 26.1 Å². The quantitative estimate of drug-likeness (QED) is 0.442. The smallest absolute Gasteiger partial charge is 0.337 e. The Bertz CT molecular complexity index is 1340. The van der Waals surface area contributed by atoms with E-state index in [4.69, 9.17) is 23.7 Å². The van der Waals surface area contributed by atoms with Crippen molar-refractivity contribution >= 4 is 17.6 Å². The van der Waals surface area contributed by atoms with Crippen molar-refractivity contribution in [3.63, 3.8) is 0 Å². The molecule has 1 aromatic rings. The number of hydrogen-bond donors (Lipinski definition) is 2. The minimum atomic E-state index is -1.39. The van der Waals surface area contributed by atoms with E-state index in [1.807, 2.05) is 6.07 Å². The summed E-state index contributed by atoms with van der Waals surface area (Å²) in [5.74, 6) is -0.487. The number of nitrogens with one attached hydrogen (secondary N) is 1. The lowest BCUT2D eigenvalue weighted by Gasteiger charge is -2.56. The fourth-order valence-corrected chi connectivity index (χ4v) is 9.45. The van der Waals surface area contributed by atoms with Gasteiger partial charge in [-0.3, -0.25) is 0 Å². The molecule has 0 bridgehead atoms. The first-order valence-corrected chi connectivity index (χ1v) is 13.7. The Hall–Kier alpha value is -2.46. The Kier molecular flexibility index (Phi) is 4.20. The molecule has 9 nitrogen and oxygen atoms in total. The number of hydrogen-bond acceptors (Lipinski definition) is 9. The normalized spacial score (nSPS) is 48.5. The predicted octanol–water partition coefficient (Wildman–Crippen LogP) is 2.37. The number of carbonyl (C=O) groups excluding carboxylic acids is 2. The molecule has 1 aromatic carbocycles. The summed E-state index contributed by atoms with van der Waals surface area (Å²) in [6.07, 6.45) is 1.51. The lowest BCUT2D eigenvalue weighted by molar-refractivity contribution is -0.159. The van der Waals surface area contributed by atoms with Crippen LogP contribution in [-0.4, -0.2) is 78.0 Å². The second-order valence-electron chi connectivity index (χ2n) is 12.7. The zero-order chi connectivity index (χ0) is 26.5. The first-order chi connectivity index (χ1) is 18.1. The van der Waals surface area contributed by atoms with E-state index in [-0.39, 0.29) is 48.1 Å². The molecule has 3 saturated heterocycles. The lowest BCUT2D eigenvalue weighted by atomic mass is 9.44. The molecule has 38 heavy (non-hydrogen) atoms. The van der Waals surface area contributed by atoms with Gasteiger partial charge in [0.25, 0.3) is 0 Å². The Morgan fingerprint density at radius 1 is 1.21 bits per heavy atom. The molecule has 4 heterocycles. The van der Waals surface area contributed by atoms with Crippen molar-refractivity contribution in [1.82, 2.24) is 0 Å². The molecule has 8 rings (SSSR count). The van der Waals surface area contributed by atoms with Crippen LogP contribution in [0, 0.1) is 17.3 Å². The van der Waals surface area contributed by atoms with Gasteiger partial charge in [-0.05, 0) is 54.9 Å². The Morgan fingerprint density at radius 3 is 2.79 bits per heavy atom. The summed E-state index contributed by atoms with van der Waals surface area (Å²) >= 11 is 0. The maximum absolute atomic E-state index is 12.9. The van der Waals surface area contributed by atoms with Gasteiger partial charge in [0, 0.05) is 23.2 Å². The number of cyclic esters (lactones) is 1. The van der Waals surface area contributed by atoms with Crippen molar-refractivity contribution in [2.24, 2.45) is 17.3 Å². The largest absolute Gasteiger partial charge is 0.465 e. The molecule has 9 atom stereocenters. The number of benzene rings is 1. The summed E-state index contributed by atoms with van der Waals surface area (Å²) in [7, 11) is 1.36. The third kappa shape index (κ3) is 2.25. The number of aliphatic hydroxyl groups is 1. The fourth-order valence-electron chi connectivity index (χ4n) is 9.45. The van der Waals surface area contributed by atoms with Crippen molar-refractivity contribution in [1.29, 1.82) is 0 Å². The molecule has 2 spiro atoms. The van der Waals surface area contributed by atoms with E-state index in [1.54, 1.807) is 18.2 Å². The monoisotopic (exact) mass is 523 g/mol. The highest BCUT2D eigenvalue weighted by atomic mass is 16.7. The van der Waals surface area contributed by atoms with Gasteiger partial charge >= 0.3 is 11.9 Å². The standard InChI is InChI=1S/C29H33NO8/c1-14(2)27-21(37-27)22-29(38-22)25(3)9-8-17-18(12-35-24(17)32)19(25)11-20-28(29,36-20)26(27,33)13-30-16-7-5-6-15(10-16)23(31)34-4/h5-7,10,14,19-22,30,33H,8-9,11-13H2,1-4H3/t19-,20-,21-,22-,25-,26-,27-,28+,29+/m0/s1. The number of fused-ring (bicyclic) bond motifs is 4. The van der Waals surface area contributed by atoms with Crippen molar-refractivity contribution in [2.45, 2.75) is 80.7 Å².